The molecule has 0 radical (unpaired) electrons. The van der Waals surface area contributed by atoms with Crippen molar-refractivity contribution in [2.75, 3.05) is 18.9 Å². The van der Waals surface area contributed by atoms with Gasteiger partial charge in [0.2, 0.25) is 0 Å². The number of nitrogens with zero attached hydrogens (tertiary/aromatic N) is 2. The number of anilines is 1. The summed E-state index contributed by atoms with van der Waals surface area (Å²) in [5, 5.41) is 13.7. The van der Waals surface area contributed by atoms with Gasteiger partial charge in [0, 0.05) is 31.3 Å². The van der Waals surface area contributed by atoms with Gasteiger partial charge in [0.25, 0.3) is 11.6 Å². The number of amides is 1. The van der Waals surface area contributed by atoms with Crippen molar-refractivity contribution >= 4 is 17.3 Å². The molecule has 1 aromatic carbocycles. The Hall–Kier alpha value is -2.11. The van der Waals surface area contributed by atoms with Crippen molar-refractivity contribution in [3.05, 3.63) is 33.9 Å². The monoisotopic (exact) mass is 291 g/mol. The maximum absolute atomic E-state index is 12.6. The fourth-order valence-corrected chi connectivity index (χ4v) is 2.77. The summed E-state index contributed by atoms with van der Waals surface area (Å²) >= 11 is 0. The fourth-order valence-electron chi connectivity index (χ4n) is 2.77. The fraction of sp³-hybridized carbons (Fsp3) is 0.533. The van der Waals surface area contributed by atoms with E-state index in [2.05, 4.69) is 12.2 Å². The Morgan fingerprint density at radius 3 is 2.71 bits per heavy atom. The van der Waals surface area contributed by atoms with Crippen LogP contribution in [0.2, 0.25) is 0 Å². The predicted octanol–water partition coefficient (Wildman–Crippen LogP) is 2.90. The van der Waals surface area contributed by atoms with Crippen LogP contribution in [-0.2, 0) is 0 Å². The van der Waals surface area contributed by atoms with Crippen molar-refractivity contribution in [3.63, 3.8) is 0 Å². The van der Waals surface area contributed by atoms with Gasteiger partial charge in [-0.1, -0.05) is 6.92 Å². The lowest BCUT2D eigenvalue weighted by Crippen LogP contribution is -2.44. The molecule has 2 unspecified atom stereocenters. The van der Waals surface area contributed by atoms with E-state index in [9.17, 15) is 14.9 Å². The van der Waals surface area contributed by atoms with Gasteiger partial charge in [0.15, 0.2) is 0 Å². The van der Waals surface area contributed by atoms with Crippen molar-refractivity contribution in [2.45, 2.75) is 32.7 Å². The summed E-state index contributed by atoms with van der Waals surface area (Å²) < 4.78 is 0. The second-order valence-electron chi connectivity index (χ2n) is 5.73. The number of carbonyl (C=O) groups excluding carboxylic acids is 1. The Balaban J connectivity index is 2.28. The van der Waals surface area contributed by atoms with Gasteiger partial charge in [-0.25, -0.2) is 0 Å². The van der Waals surface area contributed by atoms with Crippen LogP contribution in [0, 0.1) is 16.0 Å². The molecular formula is C15H21N3O3. The van der Waals surface area contributed by atoms with E-state index >= 15 is 0 Å². The number of piperidine rings is 1. The van der Waals surface area contributed by atoms with Gasteiger partial charge in [0.05, 0.1) is 4.92 Å². The SMILES string of the molecule is CNc1cc(C(=O)N2CC(C)CCC2C)ccc1[N+](=O)[O-]. The Morgan fingerprint density at radius 2 is 2.10 bits per heavy atom. The first-order chi connectivity index (χ1) is 9.93. The van der Waals surface area contributed by atoms with Gasteiger partial charge < -0.3 is 10.2 Å². The molecule has 1 saturated heterocycles. The van der Waals surface area contributed by atoms with Crippen LogP contribution in [-0.4, -0.2) is 35.4 Å². The number of carbonyl (C=O) groups is 1. The van der Waals surface area contributed by atoms with E-state index in [1.54, 1.807) is 13.1 Å². The highest BCUT2D eigenvalue weighted by Gasteiger charge is 2.28. The standard InChI is InChI=1S/C15H21N3O3/c1-10-4-5-11(2)17(9-10)15(19)12-6-7-14(18(20)21)13(8-12)16-3/h6-8,10-11,16H,4-5,9H2,1-3H3. The zero-order valence-corrected chi connectivity index (χ0v) is 12.6. The number of nitro groups is 1. The van der Waals surface area contributed by atoms with Crippen LogP contribution < -0.4 is 5.32 Å². The van der Waals surface area contributed by atoms with Gasteiger partial charge in [-0.05, 0) is 37.8 Å². The summed E-state index contributed by atoms with van der Waals surface area (Å²) in [7, 11) is 1.61. The highest BCUT2D eigenvalue weighted by Crippen LogP contribution is 2.28. The molecule has 1 amide bonds. The van der Waals surface area contributed by atoms with Crippen LogP contribution in [0.5, 0.6) is 0 Å². The van der Waals surface area contributed by atoms with E-state index in [4.69, 9.17) is 0 Å². The third kappa shape index (κ3) is 3.15. The number of likely N-dealkylation sites (tertiary alicyclic amines) is 1. The van der Waals surface area contributed by atoms with E-state index in [1.807, 2.05) is 11.8 Å². The van der Waals surface area contributed by atoms with Gasteiger partial charge in [0.1, 0.15) is 5.69 Å². The minimum Gasteiger partial charge on any atom is -0.383 e. The minimum atomic E-state index is -0.453. The number of hydrogen-bond acceptors (Lipinski definition) is 4. The number of hydrogen-bond donors (Lipinski definition) is 1. The van der Waals surface area contributed by atoms with E-state index in [0.29, 0.717) is 17.2 Å². The highest BCUT2D eigenvalue weighted by molar-refractivity contribution is 5.96. The van der Waals surface area contributed by atoms with Crippen molar-refractivity contribution in [1.82, 2.24) is 4.90 Å². The first-order valence-electron chi connectivity index (χ1n) is 7.21. The lowest BCUT2D eigenvalue weighted by atomic mass is 9.94. The van der Waals surface area contributed by atoms with Crippen molar-refractivity contribution in [2.24, 2.45) is 5.92 Å². The molecule has 6 heteroatoms. The van der Waals surface area contributed by atoms with Gasteiger partial charge >= 0.3 is 0 Å². The van der Waals surface area contributed by atoms with Gasteiger partial charge in [-0.15, -0.1) is 0 Å². The van der Waals surface area contributed by atoms with E-state index < -0.39 is 4.92 Å². The summed E-state index contributed by atoms with van der Waals surface area (Å²) in [5.41, 5.74) is 0.837. The highest BCUT2D eigenvalue weighted by atomic mass is 16.6. The molecule has 1 aliphatic rings. The first-order valence-corrected chi connectivity index (χ1v) is 7.21. The van der Waals surface area contributed by atoms with Crippen LogP contribution in [0.4, 0.5) is 11.4 Å². The first kappa shape index (κ1) is 15.3. The Labute approximate surface area is 124 Å². The van der Waals surface area contributed by atoms with E-state index in [1.165, 1.54) is 12.1 Å². The molecule has 0 spiro atoms. The topological polar surface area (TPSA) is 75.5 Å². The number of rotatable bonds is 3. The molecule has 1 N–H and O–H groups in total. The molecule has 0 aliphatic carbocycles. The lowest BCUT2D eigenvalue weighted by molar-refractivity contribution is -0.383. The third-order valence-electron chi connectivity index (χ3n) is 4.09. The Bertz CT molecular complexity index is 559. The second kappa shape index (κ2) is 6.11. The molecule has 0 aromatic heterocycles. The zero-order valence-electron chi connectivity index (χ0n) is 12.6. The molecule has 1 aliphatic heterocycles. The summed E-state index contributed by atoms with van der Waals surface area (Å²) in [5.74, 6) is 0.437. The molecule has 21 heavy (non-hydrogen) atoms. The lowest BCUT2D eigenvalue weighted by Gasteiger charge is -2.36. The molecule has 1 heterocycles. The van der Waals surface area contributed by atoms with Crippen LogP contribution in [0.3, 0.4) is 0 Å². The van der Waals surface area contributed by atoms with Gasteiger partial charge in [-0.2, -0.15) is 0 Å². The van der Waals surface area contributed by atoms with Crippen molar-refractivity contribution in [3.8, 4) is 0 Å². The normalized spacial score (nSPS) is 22.0. The molecule has 1 aromatic rings. The summed E-state index contributed by atoms with van der Waals surface area (Å²) in [6.07, 6.45) is 2.13. The van der Waals surface area contributed by atoms with Gasteiger partial charge in [-0.3, -0.25) is 14.9 Å². The third-order valence-corrected chi connectivity index (χ3v) is 4.09. The molecule has 2 rings (SSSR count). The number of nitrogens with one attached hydrogen (secondary N) is 1. The maximum atomic E-state index is 12.6. The minimum absolute atomic E-state index is 0.0193. The molecular weight excluding hydrogens is 270 g/mol. The number of nitro benzene ring substituents is 1. The quantitative estimate of drug-likeness (QED) is 0.686. The number of benzene rings is 1. The Kier molecular flexibility index (Phi) is 4.45. The molecule has 0 bridgehead atoms. The van der Waals surface area contributed by atoms with Crippen LogP contribution >= 0.6 is 0 Å². The van der Waals surface area contributed by atoms with Crippen LogP contribution in [0.25, 0.3) is 0 Å². The molecule has 1 fully saturated rings. The van der Waals surface area contributed by atoms with E-state index in [-0.39, 0.29) is 17.6 Å². The van der Waals surface area contributed by atoms with Crippen LogP contribution in [0.1, 0.15) is 37.0 Å². The summed E-state index contributed by atoms with van der Waals surface area (Å²) in [4.78, 5) is 25.0. The largest absolute Gasteiger partial charge is 0.383 e. The average molecular weight is 291 g/mol. The van der Waals surface area contributed by atoms with Crippen molar-refractivity contribution in [1.29, 1.82) is 0 Å². The average Bonchev–Trinajstić information content (AvgIpc) is 2.48. The zero-order chi connectivity index (χ0) is 15.6. The molecule has 0 saturated carbocycles. The second-order valence-corrected chi connectivity index (χ2v) is 5.73. The molecule has 114 valence electrons. The van der Waals surface area contributed by atoms with Crippen molar-refractivity contribution < 1.29 is 9.72 Å². The smallest absolute Gasteiger partial charge is 0.292 e. The predicted molar refractivity (Wildman–Crippen MR) is 81.5 cm³/mol. The molecule has 6 nitrogen and oxygen atoms in total. The van der Waals surface area contributed by atoms with Crippen LogP contribution in [0.15, 0.2) is 18.2 Å². The summed E-state index contributed by atoms with van der Waals surface area (Å²) in [6, 6.07) is 4.69. The summed E-state index contributed by atoms with van der Waals surface area (Å²) in [6.45, 7) is 4.93. The van der Waals surface area contributed by atoms with E-state index in [0.717, 1.165) is 19.4 Å². The maximum Gasteiger partial charge on any atom is 0.292 e. The Morgan fingerprint density at radius 1 is 1.38 bits per heavy atom. The molecule has 2 atom stereocenters.